The Kier molecular flexibility index (Phi) is 5.71. The predicted molar refractivity (Wildman–Crippen MR) is 114 cm³/mol. The summed E-state index contributed by atoms with van der Waals surface area (Å²) in [5.74, 6) is -0.303. The lowest BCUT2D eigenvalue weighted by molar-refractivity contribution is -0.137. The van der Waals surface area contributed by atoms with Crippen LogP contribution in [0.15, 0.2) is 83.0 Å². The quantitative estimate of drug-likeness (QED) is 0.465. The first-order chi connectivity index (χ1) is 15.6. The maximum atomic E-state index is 12.9. The summed E-state index contributed by atoms with van der Waals surface area (Å²) in [7, 11) is -4.00. The van der Waals surface area contributed by atoms with Gasteiger partial charge in [-0.3, -0.25) is 4.79 Å². The summed E-state index contributed by atoms with van der Waals surface area (Å²) < 4.78 is 66.1. The van der Waals surface area contributed by atoms with E-state index in [1.54, 1.807) is 47.3 Å². The average Bonchev–Trinajstić information content (AvgIpc) is 3.25. The van der Waals surface area contributed by atoms with Gasteiger partial charge in [0.25, 0.3) is 5.91 Å². The molecule has 10 heteroatoms. The molecule has 2 aromatic heterocycles. The third kappa shape index (κ3) is 4.61. The fourth-order valence-electron chi connectivity index (χ4n) is 3.38. The van der Waals surface area contributed by atoms with Crippen LogP contribution in [-0.2, 0) is 22.6 Å². The highest BCUT2D eigenvalue weighted by Gasteiger charge is 2.32. The molecule has 6 nitrogen and oxygen atoms in total. The zero-order valence-electron chi connectivity index (χ0n) is 17.3. The topological polar surface area (TPSA) is 80.5 Å². The van der Waals surface area contributed by atoms with E-state index in [4.69, 9.17) is 0 Å². The second-order valence-electron chi connectivity index (χ2n) is 7.42. The van der Waals surface area contributed by atoms with Crippen molar-refractivity contribution in [3.05, 3.63) is 95.4 Å². The Balaban J connectivity index is 1.47. The summed E-state index contributed by atoms with van der Waals surface area (Å²) in [5, 5.41) is 2.76. The third-order valence-electron chi connectivity index (χ3n) is 5.13. The molecule has 4 rings (SSSR count). The molecule has 1 amide bonds. The number of aromatic nitrogens is 2. The van der Waals surface area contributed by atoms with Crippen molar-refractivity contribution in [3.8, 4) is 0 Å². The molecule has 4 aromatic rings. The number of amides is 1. The van der Waals surface area contributed by atoms with Crippen LogP contribution in [-0.4, -0.2) is 23.7 Å². The standard InChI is InChI=1S/C23H18F3N3O3S/c1-15-12-18(23(24,25)26)5-8-20(15)33(31,32)19-6-2-16(3-7-19)13-28-22(30)17-4-9-21-27-10-11-29(21)14-17/h2-12,14H,13H2,1H3,(H,28,30). The number of sulfone groups is 1. The maximum absolute atomic E-state index is 12.9. The largest absolute Gasteiger partial charge is 0.416 e. The number of hydrogen-bond acceptors (Lipinski definition) is 4. The predicted octanol–water partition coefficient (Wildman–Crippen LogP) is 4.42. The van der Waals surface area contributed by atoms with Gasteiger partial charge in [0.2, 0.25) is 9.84 Å². The molecule has 0 bridgehead atoms. The van der Waals surface area contributed by atoms with E-state index in [-0.39, 0.29) is 27.8 Å². The lowest BCUT2D eigenvalue weighted by atomic mass is 10.1. The van der Waals surface area contributed by atoms with Crippen molar-refractivity contribution in [1.29, 1.82) is 0 Å². The SMILES string of the molecule is Cc1cc(C(F)(F)F)ccc1S(=O)(=O)c1ccc(CNC(=O)c2ccc3nccn3c2)cc1. The molecular formula is C23H18F3N3O3S. The van der Waals surface area contributed by atoms with Gasteiger partial charge in [-0.1, -0.05) is 12.1 Å². The highest BCUT2D eigenvalue weighted by molar-refractivity contribution is 7.91. The smallest absolute Gasteiger partial charge is 0.348 e. The summed E-state index contributed by atoms with van der Waals surface area (Å²) >= 11 is 0. The number of carbonyl (C=O) groups excluding carboxylic acids is 1. The number of nitrogens with one attached hydrogen (secondary N) is 1. The van der Waals surface area contributed by atoms with Gasteiger partial charge in [-0.25, -0.2) is 13.4 Å². The van der Waals surface area contributed by atoms with Crippen LogP contribution in [0.5, 0.6) is 0 Å². The van der Waals surface area contributed by atoms with E-state index in [1.165, 1.54) is 19.1 Å². The Labute approximate surface area is 187 Å². The van der Waals surface area contributed by atoms with Gasteiger partial charge < -0.3 is 9.72 Å². The lowest BCUT2D eigenvalue weighted by Gasteiger charge is -2.12. The molecular weight excluding hydrogens is 455 g/mol. The average molecular weight is 473 g/mol. The van der Waals surface area contributed by atoms with E-state index in [9.17, 15) is 26.4 Å². The van der Waals surface area contributed by atoms with Crippen LogP contribution < -0.4 is 5.32 Å². The first-order valence-corrected chi connectivity index (χ1v) is 11.3. The number of alkyl halides is 3. The number of rotatable bonds is 5. The minimum absolute atomic E-state index is 0.0102. The Morgan fingerprint density at radius 3 is 2.45 bits per heavy atom. The van der Waals surface area contributed by atoms with Gasteiger partial charge in [0.05, 0.1) is 20.9 Å². The van der Waals surface area contributed by atoms with Crippen molar-refractivity contribution >= 4 is 21.4 Å². The van der Waals surface area contributed by atoms with E-state index < -0.39 is 21.6 Å². The molecule has 0 aliphatic heterocycles. The second kappa shape index (κ2) is 8.36. The van der Waals surface area contributed by atoms with E-state index in [0.29, 0.717) is 16.8 Å². The summed E-state index contributed by atoms with van der Waals surface area (Å²) in [4.78, 5) is 16.3. The van der Waals surface area contributed by atoms with Crippen molar-refractivity contribution in [1.82, 2.24) is 14.7 Å². The summed E-state index contributed by atoms with van der Waals surface area (Å²) in [6.07, 6.45) is 0.450. The minimum Gasteiger partial charge on any atom is -0.348 e. The van der Waals surface area contributed by atoms with E-state index >= 15 is 0 Å². The van der Waals surface area contributed by atoms with Crippen molar-refractivity contribution in [3.63, 3.8) is 0 Å². The number of fused-ring (bicyclic) bond motifs is 1. The molecule has 1 N–H and O–H groups in total. The second-order valence-corrected chi connectivity index (χ2v) is 9.34. The summed E-state index contributed by atoms with van der Waals surface area (Å²) in [5.41, 5.74) is 0.924. The Bertz CT molecular complexity index is 1440. The molecule has 0 aliphatic rings. The van der Waals surface area contributed by atoms with Gasteiger partial charge in [0, 0.05) is 25.1 Å². The van der Waals surface area contributed by atoms with E-state index in [1.807, 2.05) is 0 Å². The van der Waals surface area contributed by atoms with Crippen LogP contribution in [0.3, 0.4) is 0 Å². The Morgan fingerprint density at radius 2 is 1.79 bits per heavy atom. The van der Waals surface area contributed by atoms with E-state index in [2.05, 4.69) is 10.3 Å². The van der Waals surface area contributed by atoms with Gasteiger partial charge in [-0.05, 0) is 60.5 Å². The van der Waals surface area contributed by atoms with Gasteiger partial charge in [-0.2, -0.15) is 13.2 Å². The number of benzene rings is 2. The molecule has 33 heavy (non-hydrogen) atoms. The molecule has 2 aromatic carbocycles. The van der Waals surface area contributed by atoms with E-state index in [0.717, 1.165) is 18.2 Å². The molecule has 0 saturated heterocycles. The number of imidazole rings is 1. The fraction of sp³-hybridized carbons (Fsp3) is 0.130. The highest BCUT2D eigenvalue weighted by Crippen LogP contribution is 2.32. The fourth-order valence-corrected chi connectivity index (χ4v) is 4.86. The van der Waals surface area contributed by atoms with Gasteiger partial charge >= 0.3 is 6.18 Å². The van der Waals surface area contributed by atoms with Crippen LogP contribution >= 0.6 is 0 Å². The van der Waals surface area contributed by atoms with Crippen molar-refractivity contribution in [2.45, 2.75) is 29.4 Å². The zero-order valence-corrected chi connectivity index (χ0v) is 18.1. The normalized spacial score (nSPS) is 12.1. The van der Waals surface area contributed by atoms with Crippen LogP contribution in [0, 0.1) is 6.92 Å². The molecule has 0 unspecified atom stereocenters. The Morgan fingerprint density at radius 1 is 1.06 bits per heavy atom. The summed E-state index contributed by atoms with van der Waals surface area (Å²) in [6, 6.07) is 11.7. The molecule has 0 atom stereocenters. The first kappa shape index (κ1) is 22.5. The molecule has 0 aliphatic carbocycles. The van der Waals surface area contributed by atoms with Crippen LogP contribution in [0.25, 0.3) is 5.65 Å². The molecule has 0 radical (unpaired) electrons. The number of nitrogens with zero attached hydrogens (tertiary/aromatic N) is 2. The zero-order chi connectivity index (χ0) is 23.8. The number of aryl methyl sites for hydroxylation is 1. The maximum Gasteiger partial charge on any atom is 0.416 e. The number of hydrogen-bond donors (Lipinski definition) is 1. The third-order valence-corrected chi connectivity index (χ3v) is 7.06. The molecule has 0 saturated carbocycles. The van der Waals surface area contributed by atoms with Crippen molar-refractivity contribution < 1.29 is 26.4 Å². The summed E-state index contributed by atoms with van der Waals surface area (Å²) in [6.45, 7) is 1.49. The first-order valence-electron chi connectivity index (χ1n) is 9.78. The van der Waals surface area contributed by atoms with Gasteiger partial charge in [0.15, 0.2) is 0 Å². The van der Waals surface area contributed by atoms with Gasteiger partial charge in [0.1, 0.15) is 5.65 Å². The lowest BCUT2D eigenvalue weighted by Crippen LogP contribution is -2.23. The highest BCUT2D eigenvalue weighted by atomic mass is 32.2. The van der Waals surface area contributed by atoms with Crippen LogP contribution in [0.1, 0.15) is 27.0 Å². The van der Waals surface area contributed by atoms with Crippen molar-refractivity contribution in [2.24, 2.45) is 0 Å². The molecule has 2 heterocycles. The molecule has 0 spiro atoms. The molecule has 170 valence electrons. The number of halogens is 3. The van der Waals surface area contributed by atoms with Crippen molar-refractivity contribution in [2.75, 3.05) is 0 Å². The van der Waals surface area contributed by atoms with Crippen LogP contribution in [0.4, 0.5) is 13.2 Å². The Hall–Kier alpha value is -3.66. The monoisotopic (exact) mass is 473 g/mol. The number of pyridine rings is 1. The molecule has 0 fully saturated rings. The number of carbonyl (C=O) groups is 1. The van der Waals surface area contributed by atoms with Crippen LogP contribution in [0.2, 0.25) is 0 Å². The minimum atomic E-state index is -4.55. The van der Waals surface area contributed by atoms with Gasteiger partial charge in [-0.15, -0.1) is 0 Å².